The average Bonchev–Trinajstić information content (AvgIpc) is 3.46. The van der Waals surface area contributed by atoms with E-state index in [0.29, 0.717) is 37.7 Å². The van der Waals surface area contributed by atoms with Crippen molar-refractivity contribution in [2.45, 2.75) is 58.6 Å². The zero-order valence-electron chi connectivity index (χ0n) is 23.1. The van der Waals surface area contributed by atoms with Gasteiger partial charge in [0.15, 0.2) is 11.6 Å². The number of hydrogen-bond donors (Lipinski definition) is 2. The first-order valence-electron chi connectivity index (χ1n) is 13.8. The van der Waals surface area contributed by atoms with Gasteiger partial charge in [-0.05, 0) is 38.8 Å². The Morgan fingerprint density at radius 1 is 1.23 bits per heavy atom. The van der Waals surface area contributed by atoms with Crippen LogP contribution in [0.25, 0.3) is 0 Å². The number of halogens is 1. The number of nitrogens with one attached hydrogen (secondary N) is 2. The largest absolute Gasteiger partial charge is 0.351 e. The fraction of sp³-hybridized carbons (Fsp3) is 0.571. The smallest absolute Gasteiger partial charge is 0.243 e. The van der Waals surface area contributed by atoms with Crippen LogP contribution < -0.4 is 15.8 Å². The Morgan fingerprint density at radius 2 is 1.97 bits per heavy atom. The summed E-state index contributed by atoms with van der Waals surface area (Å²) in [6.45, 7) is 6.19. The molecule has 0 spiro atoms. The number of benzene rings is 1. The first kappa shape index (κ1) is 28.7. The molecule has 2 fully saturated rings. The van der Waals surface area contributed by atoms with Crippen LogP contribution in [0.4, 0.5) is 16.0 Å². The molecule has 2 N–H and O–H groups in total. The summed E-state index contributed by atoms with van der Waals surface area (Å²) in [5.41, 5.74) is 6.26. The number of carbonyl (C=O) groups excluding carboxylic acids is 2. The number of carbonyl (C=O) groups is 2. The Balaban J connectivity index is 1.42. The van der Waals surface area contributed by atoms with Gasteiger partial charge in [-0.3, -0.25) is 25.3 Å². The van der Waals surface area contributed by atoms with E-state index in [-0.39, 0.29) is 36.7 Å². The number of piperazine rings is 1. The monoisotopic (exact) mass is 541 g/mol. The number of hydrogen-bond acceptors (Lipinski definition) is 8. The van der Waals surface area contributed by atoms with E-state index in [0.717, 1.165) is 37.8 Å². The number of likely N-dealkylation sites (N-methyl/N-ethyl adjacent to an activating group) is 1. The van der Waals surface area contributed by atoms with Gasteiger partial charge in [-0.15, -0.1) is 0 Å². The standard InChI is InChI=1S/C28H40FN7O3/c1-20-16-35(14-13-34(20)3)27-25(29)26(30-21(2)31-27)32-33-28(38)24(15-22-9-7-8-10-22)17-36(19-37)39-18-23-11-5-4-6-12-23/h4-6,11-12,19-20,22,24H,7-10,13-18H2,1-3H3,(H,33,38)(H,30,31,32)/t20-,24-/m1/s1. The highest BCUT2D eigenvalue weighted by molar-refractivity contribution is 5.80. The lowest BCUT2D eigenvalue weighted by Crippen LogP contribution is -2.50. The topological polar surface area (TPSA) is 103 Å². The average molecular weight is 542 g/mol. The van der Waals surface area contributed by atoms with Crippen LogP contribution in [-0.2, 0) is 21.0 Å². The maximum absolute atomic E-state index is 15.5. The van der Waals surface area contributed by atoms with E-state index < -0.39 is 11.7 Å². The molecule has 2 aliphatic rings. The molecule has 2 heterocycles. The molecule has 1 aliphatic carbocycles. The highest BCUT2D eigenvalue weighted by Crippen LogP contribution is 2.31. The van der Waals surface area contributed by atoms with Crippen LogP contribution in [0.3, 0.4) is 0 Å². The predicted molar refractivity (Wildman–Crippen MR) is 147 cm³/mol. The number of hydrazine groups is 1. The van der Waals surface area contributed by atoms with Gasteiger partial charge in [0.2, 0.25) is 18.1 Å². The summed E-state index contributed by atoms with van der Waals surface area (Å²) >= 11 is 0. The van der Waals surface area contributed by atoms with Crippen LogP contribution in [0, 0.1) is 24.6 Å². The molecule has 0 bridgehead atoms. The number of nitrogens with zero attached hydrogens (tertiary/aromatic N) is 5. The molecule has 1 saturated heterocycles. The highest BCUT2D eigenvalue weighted by Gasteiger charge is 2.29. The summed E-state index contributed by atoms with van der Waals surface area (Å²) < 4.78 is 15.5. The van der Waals surface area contributed by atoms with Gasteiger partial charge < -0.3 is 9.80 Å². The van der Waals surface area contributed by atoms with E-state index in [9.17, 15) is 9.59 Å². The van der Waals surface area contributed by atoms with Gasteiger partial charge >= 0.3 is 0 Å². The van der Waals surface area contributed by atoms with Gasteiger partial charge in [-0.25, -0.2) is 15.0 Å². The molecule has 0 radical (unpaired) electrons. The zero-order valence-corrected chi connectivity index (χ0v) is 23.1. The molecule has 1 aliphatic heterocycles. The third-order valence-corrected chi connectivity index (χ3v) is 7.73. The van der Waals surface area contributed by atoms with E-state index in [1.54, 1.807) is 6.92 Å². The van der Waals surface area contributed by atoms with Crippen LogP contribution in [-0.4, -0.2) is 71.5 Å². The predicted octanol–water partition coefficient (Wildman–Crippen LogP) is 3.29. The zero-order chi connectivity index (χ0) is 27.8. The summed E-state index contributed by atoms with van der Waals surface area (Å²) in [4.78, 5) is 43.5. The van der Waals surface area contributed by atoms with Crippen molar-refractivity contribution in [3.05, 3.63) is 47.5 Å². The van der Waals surface area contributed by atoms with E-state index in [4.69, 9.17) is 4.84 Å². The minimum atomic E-state index is -0.606. The molecule has 2 aromatic rings. The van der Waals surface area contributed by atoms with Crippen LogP contribution in [0.5, 0.6) is 0 Å². The van der Waals surface area contributed by atoms with Crippen LogP contribution in [0.15, 0.2) is 30.3 Å². The summed E-state index contributed by atoms with van der Waals surface area (Å²) in [6.07, 6.45) is 5.59. The van der Waals surface area contributed by atoms with Gasteiger partial charge in [0.1, 0.15) is 12.4 Å². The van der Waals surface area contributed by atoms with Crippen molar-refractivity contribution < 1.29 is 18.8 Å². The summed E-state index contributed by atoms with van der Waals surface area (Å²) in [6, 6.07) is 9.78. The molecule has 2 atom stereocenters. The molecule has 39 heavy (non-hydrogen) atoms. The van der Waals surface area contributed by atoms with E-state index >= 15 is 4.39 Å². The van der Waals surface area contributed by atoms with E-state index in [1.165, 1.54) is 5.06 Å². The molecule has 2 amide bonds. The van der Waals surface area contributed by atoms with E-state index in [1.807, 2.05) is 42.3 Å². The summed E-state index contributed by atoms with van der Waals surface area (Å²) in [5, 5.41) is 1.17. The number of rotatable bonds is 12. The third-order valence-electron chi connectivity index (χ3n) is 7.73. The van der Waals surface area contributed by atoms with Crippen molar-refractivity contribution >= 4 is 24.0 Å². The number of aromatic nitrogens is 2. The molecular weight excluding hydrogens is 501 g/mol. The Bertz CT molecular complexity index is 1100. The van der Waals surface area contributed by atoms with Crippen molar-refractivity contribution in [2.75, 3.05) is 43.6 Å². The molecule has 1 saturated carbocycles. The van der Waals surface area contributed by atoms with Crippen molar-refractivity contribution in [2.24, 2.45) is 11.8 Å². The number of anilines is 2. The second-order valence-electron chi connectivity index (χ2n) is 10.7. The minimum Gasteiger partial charge on any atom is -0.351 e. The molecule has 10 nitrogen and oxygen atoms in total. The summed E-state index contributed by atoms with van der Waals surface area (Å²) in [5.74, 6) is -0.544. The maximum atomic E-state index is 15.5. The molecule has 1 aromatic carbocycles. The SMILES string of the molecule is Cc1nc(NNC(=O)[C@H](CC2CCCC2)CN(C=O)OCc2ccccc2)c(F)c(N2CCN(C)[C@H](C)C2)n1. The highest BCUT2D eigenvalue weighted by atomic mass is 19.1. The van der Waals surface area contributed by atoms with Crippen molar-refractivity contribution in [3.63, 3.8) is 0 Å². The molecule has 11 heteroatoms. The van der Waals surface area contributed by atoms with Crippen LogP contribution in [0.2, 0.25) is 0 Å². The Labute approximate surface area is 229 Å². The molecule has 4 rings (SSSR count). The van der Waals surface area contributed by atoms with E-state index in [2.05, 4.69) is 32.6 Å². The summed E-state index contributed by atoms with van der Waals surface area (Å²) in [7, 11) is 2.05. The van der Waals surface area contributed by atoms with Crippen LogP contribution in [0.1, 0.15) is 50.4 Å². The normalized spacial score (nSPS) is 19.1. The van der Waals surface area contributed by atoms with Gasteiger partial charge in [0, 0.05) is 25.7 Å². The van der Waals surface area contributed by atoms with Crippen molar-refractivity contribution in [1.29, 1.82) is 0 Å². The van der Waals surface area contributed by atoms with Gasteiger partial charge in [-0.1, -0.05) is 56.0 Å². The Hall–Kier alpha value is -3.31. The minimum absolute atomic E-state index is 0.0791. The lowest BCUT2D eigenvalue weighted by Gasteiger charge is -2.38. The Morgan fingerprint density at radius 3 is 2.67 bits per heavy atom. The van der Waals surface area contributed by atoms with Gasteiger partial charge in [0.05, 0.1) is 12.5 Å². The quantitative estimate of drug-likeness (QED) is 0.312. The fourth-order valence-electron chi connectivity index (χ4n) is 5.29. The lowest BCUT2D eigenvalue weighted by atomic mass is 9.92. The molecule has 1 aromatic heterocycles. The number of aryl methyl sites for hydroxylation is 1. The number of hydroxylamine groups is 2. The van der Waals surface area contributed by atoms with Crippen LogP contribution >= 0.6 is 0 Å². The van der Waals surface area contributed by atoms with Crippen molar-refractivity contribution in [3.8, 4) is 0 Å². The van der Waals surface area contributed by atoms with Gasteiger partial charge in [-0.2, -0.15) is 4.39 Å². The Kier molecular flexibility index (Phi) is 10.0. The van der Waals surface area contributed by atoms with Gasteiger partial charge in [0.25, 0.3) is 0 Å². The fourth-order valence-corrected chi connectivity index (χ4v) is 5.29. The first-order chi connectivity index (χ1) is 18.8. The van der Waals surface area contributed by atoms with Crippen molar-refractivity contribution in [1.82, 2.24) is 25.4 Å². The number of amides is 2. The second kappa shape index (κ2) is 13.7. The second-order valence-corrected chi connectivity index (χ2v) is 10.7. The first-order valence-corrected chi connectivity index (χ1v) is 13.8. The molecule has 212 valence electrons. The molecular formula is C28H40FN7O3. The lowest BCUT2D eigenvalue weighted by molar-refractivity contribution is -0.182. The third kappa shape index (κ3) is 7.86. The maximum Gasteiger partial charge on any atom is 0.243 e. The molecule has 0 unspecified atom stereocenters.